The van der Waals surface area contributed by atoms with E-state index in [0.29, 0.717) is 12.1 Å². The van der Waals surface area contributed by atoms with Gasteiger partial charge in [-0.05, 0) is 30.0 Å². The molecule has 0 spiro atoms. The van der Waals surface area contributed by atoms with Gasteiger partial charge in [0.05, 0.1) is 0 Å². The fourth-order valence-electron chi connectivity index (χ4n) is 2.36. The van der Waals surface area contributed by atoms with Crippen molar-refractivity contribution in [3.05, 3.63) is 66.2 Å². The van der Waals surface area contributed by atoms with E-state index in [9.17, 15) is 9.59 Å². The number of benzene rings is 2. The molecule has 0 saturated heterocycles. The van der Waals surface area contributed by atoms with Crippen LogP contribution in [0.1, 0.15) is 25.8 Å². The number of hydrogen-bond donors (Lipinski definition) is 2. The van der Waals surface area contributed by atoms with Crippen LogP contribution in [0.4, 0.5) is 10.5 Å². The molecule has 0 aromatic heterocycles. The van der Waals surface area contributed by atoms with E-state index < -0.39 is 12.1 Å². The maximum absolute atomic E-state index is 12.5. The summed E-state index contributed by atoms with van der Waals surface area (Å²) in [4.78, 5) is 24.5. The Kier molecular flexibility index (Phi) is 7.01. The first-order chi connectivity index (χ1) is 12.0. The van der Waals surface area contributed by atoms with Gasteiger partial charge >= 0.3 is 6.09 Å². The summed E-state index contributed by atoms with van der Waals surface area (Å²) in [6.07, 6.45) is -0.0724. The minimum atomic E-state index is -0.650. The number of carbonyl (C=O) groups excluding carboxylic acids is 2. The predicted molar refractivity (Wildman–Crippen MR) is 98.1 cm³/mol. The maximum atomic E-state index is 12.5. The van der Waals surface area contributed by atoms with Crippen LogP contribution in [-0.2, 0) is 16.1 Å². The van der Waals surface area contributed by atoms with Gasteiger partial charge in [0.25, 0.3) is 0 Å². The molecule has 2 aromatic carbocycles. The molecule has 2 N–H and O–H groups in total. The van der Waals surface area contributed by atoms with E-state index in [1.54, 1.807) is 12.1 Å². The number of amides is 2. The lowest BCUT2D eigenvalue weighted by molar-refractivity contribution is -0.118. The third kappa shape index (κ3) is 6.67. The molecular formula is C20H24N2O3. The van der Waals surface area contributed by atoms with Gasteiger partial charge in [-0.3, -0.25) is 4.79 Å². The molecule has 0 bridgehead atoms. The zero-order valence-corrected chi connectivity index (χ0v) is 14.6. The Morgan fingerprint density at radius 1 is 0.960 bits per heavy atom. The minimum absolute atomic E-state index is 0.168. The van der Waals surface area contributed by atoms with Gasteiger partial charge in [-0.25, -0.2) is 4.79 Å². The summed E-state index contributed by atoms with van der Waals surface area (Å²) in [6, 6.07) is 17.9. The van der Waals surface area contributed by atoms with Crippen molar-refractivity contribution < 1.29 is 14.3 Å². The number of anilines is 1. The van der Waals surface area contributed by atoms with Crippen molar-refractivity contribution in [3.63, 3.8) is 0 Å². The second-order valence-electron chi connectivity index (χ2n) is 6.24. The standard InChI is InChI=1S/C20H24N2O3/c1-15(2)13-18(19(23)21-17-11-7-4-8-12-17)22-20(24)25-14-16-9-5-3-6-10-16/h3-12,15,18H,13-14H2,1-2H3,(H,21,23)(H,22,24). The second kappa shape index (κ2) is 9.47. The molecule has 0 saturated carbocycles. The van der Waals surface area contributed by atoms with E-state index in [-0.39, 0.29) is 18.4 Å². The Hall–Kier alpha value is -2.82. The fourth-order valence-corrected chi connectivity index (χ4v) is 2.36. The SMILES string of the molecule is CC(C)CC(NC(=O)OCc1ccccc1)C(=O)Nc1ccccc1. The third-order valence-electron chi connectivity index (χ3n) is 3.57. The Labute approximate surface area is 148 Å². The van der Waals surface area contributed by atoms with Crippen LogP contribution in [0, 0.1) is 5.92 Å². The summed E-state index contributed by atoms with van der Waals surface area (Å²) in [7, 11) is 0. The molecule has 0 radical (unpaired) electrons. The van der Waals surface area contributed by atoms with E-state index in [4.69, 9.17) is 4.74 Å². The lowest BCUT2D eigenvalue weighted by atomic mass is 10.0. The van der Waals surface area contributed by atoms with E-state index in [0.717, 1.165) is 5.56 Å². The molecule has 2 amide bonds. The Morgan fingerprint density at radius 3 is 2.16 bits per heavy atom. The van der Waals surface area contributed by atoms with Crippen molar-refractivity contribution in [2.75, 3.05) is 5.32 Å². The zero-order chi connectivity index (χ0) is 18.1. The molecule has 5 nitrogen and oxygen atoms in total. The Bertz CT molecular complexity index is 672. The molecule has 0 aliphatic rings. The predicted octanol–water partition coefficient (Wildman–Crippen LogP) is 3.97. The summed E-state index contributed by atoms with van der Waals surface area (Å²) in [6.45, 7) is 4.17. The largest absolute Gasteiger partial charge is 0.445 e. The highest BCUT2D eigenvalue weighted by Gasteiger charge is 2.22. The van der Waals surface area contributed by atoms with Crippen molar-refractivity contribution in [1.29, 1.82) is 0 Å². The first-order valence-electron chi connectivity index (χ1n) is 8.37. The van der Waals surface area contributed by atoms with Gasteiger partial charge in [-0.2, -0.15) is 0 Å². The molecule has 0 fully saturated rings. The normalized spacial score (nSPS) is 11.6. The third-order valence-corrected chi connectivity index (χ3v) is 3.57. The minimum Gasteiger partial charge on any atom is -0.445 e. The summed E-state index contributed by atoms with van der Waals surface area (Å²) in [5, 5.41) is 5.48. The Balaban J connectivity index is 1.92. The highest BCUT2D eigenvalue weighted by molar-refractivity contribution is 5.96. The molecular weight excluding hydrogens is 316 g/mol. The lowest BCUT2D eigenvalue weighted by Gasteiger charge is -2.20. The highest BCUT2D eigenvalue weighted by atomic mass is 16.5. The molecule has 0 heterocycles. The van der Waals surface area contributed by atoms with E-state index >= 15 is 0 Å². The quantitative estimate of drug-likeness (QED) is 0.801. The van der Waals surface area contributed by atoms with E-state index in [1.807, 2.05) is 62.4 Å². The van der Waals surface area contributed by atoms with Crippen LogP contribution >= 0.6 is 0 Å². The molecule has 1 unspecified atom stereocenters. The van der Waals surface area contributed by atoms with E-state index in [1.165, 1.54) is 0 Å². The fraction of sp³-hybridized carbons (Fsp3) is 0.300. The molecule has 132 valence electrons. The van der Waals surface area contributed by atoms with Crippen LogP contribution in [0.15, 0.2) is 60.7 Å². The molecule has 2 rings (SSSR count). The average molecular weight is 340 g/mol. The van der Waals surface area contributed by atoms with E-state index in [2.05, 4.69) is 10.6 Å². The summed E-state index contributed by atoms with van der Waals surface area (Å²) < 4.78 is 5.21. The number of nitrogens with one attached hydrogen (secondary N) is 2. The topological polar surface area (TPSA) is 67.4 Å². The van der Waals surface area contributed by atoms with Gasteiger partial charge in [-0.15, -0.1) is 0 Å². The van der Waals surface area contributed by atoms with Crippen LogP contribution in [0.5, 0.6) is 0 Å². The zero-order valence-electron chi connectivity index (χ0n) is 14.6. The number of ether oxygens (including phenoxy) is 1. The average Bonchev–Trinajstić information content (AvgIpc) is 2.61. The van der Waals surface area contributed by atoms with Gasteiger partial charge in [0.15, 0.2) is 0 Å². The molecule has 0 aliphatic carbocycles. The van der Waals surface area contributed by atoms with Gasteiger partial charge in [-0.1, -0.05) is 62.4 Å². The van der Waals surface area contributed by atoms with Gasteiger partial charge in [0.2, 0.25) is 5.91 Å². The molecule has 0 aliphatic heterocycles. The number of carbonyl (C=O) groups is 2. The van der Waals surface area contributed by atoms with Crippen LogP contribution in [0.25, 0.3) is 0 Å². The van der Waals surface area contributed by atoms with Crippen molar-refractivity contribution in [2.45, 2.75) is 32.9 Å². The molecule has 2 aromatic rings. The van der Waals surface area contributed by atoms with Crippen molar-refractivity contribution >= 4 is 17.7 Å². The smallest absolute Gasteiger partial charge is 0.408 e. The van der Waals surface area contributed by atoms with Crippen molar-refractivity contribution in [2.24, 2.45) is 5.92 Å². The highest BCUT2D eigenvalue weighted by Crippen LogP contribution is 2.10. The number of alkyl carbamates (subject to hydrolysis) is 1. The monoisotopic (exact) mass is 340 g/mol. The molecule has 1 atom stereocenters. The van der Waals surface area contributed by atoms with Gasteiger partial charge < -0.3 is 15.4 Å². The van der Waals surface area contributed by atoms with Crippen LogP contribution in [-0.4, -0.2) is 18.0 Å². The summed E-state index contributed by atoms with van der Waals surface area (Å²) >= 11 is 0. The van der Waals surface area contributed by atoms with Crippen LogP contribution in [0.2, 0.25) is 0 Å². The first-order valence-corrected chi connectivity index (χ1v) is 8.37. The second-order valence-corrected chi connectivity index (χ2v) is 6.24. The van der Waals surface area contributed by atoms with Crippen molar-refractivity contribution in [1.82, 2.24) is 5.32 Å². The van der Waals surface area contributed by atoms with Crippen molar-refractivity contribution in [3.8, 4) is 0 Å². The van der Waals surface area contributed by atoms with Gasteiger partial charge in [0.1, 0.15) is 12.6 Å². The number of para-hydroxylation sites is 1. The number of rotatable bonds is 7. The number of hydrogen-bond acceptors (Lipinski definition) is 3. The van der Waals surface area contributed by atoms with Crippen LogP contribution < -0.4 is 10.6 Å². The van der Waals surface area contributed by atoms with Crippen LogP contribution in [0.3, 0.4) is 0 Å². The summed E-state index contributed by atoms with van der Waals surface area (Å²) in [5.41, 5.74) is 1.59. The van der Waals surface area contributed by atoms with Gasteiger partial charge in [0, 0.05) is 5.69 Å². The first kappa shape index (κ1) is 18.5. The maximum Gasteiger partial charge on any atom is 0.408 e. The lowest BCUT2D eigenvalue weighted by Crippen LogP contribution is -2.44. The molecule has 25 heavy (non-hydrogen) atoms. The Morgan fingerprint density at radius 2 is 1.56 bits per heavy atom. The summed E-state index contributed by atoms with van der Waals surface area (Å²) in [5.74, 6) is -0.00231. The molecule has 5 heteroatoms.